The van der Waals surface area contributed by atoms with Gasteiger partial charge in [-0.1, -0.05) is 17.7 Å². The number of hydrogen-bond acceptors (Lipinski definition) is 6. The van der Waals surface area contributed by atoms with Crippen LogP contribution in [0, 0.1) is 24.0 Å². The number of halogens is 1. The molecule has 0 saturated heterocycles. The number of nitrogens with zero attached hydrogens (tertiary/aromatic N) is 2. The number of carbonyl (C=O) groups is 3. The summed E-state index contributed by atoms with van der Waals surface area (Å²) >= 11 is 5.70. The van der Waals surface area contributed by atoms with Gasteiger partial charge in [-0.25, -0.2) is 0 Å². The lowest BCUT2D eigenvalue weighted by atomic mass is 10.1. The minimum Gasteiger partial charge on any atom is -0.456 e. The second-order valence-electron chi connectivity index (χ2n) is 6.37. The summed E-state index contributed by atoms with van der Waals surface area (Å²) < 4.78 is 6.84. The normalized spacial score (nSPS) is 10.4. The van der Waals surface area contributed by atoms with Gasteiger partial charge in [-0.05, 0) is 32.0 Å². The van der Waals surface area contributed by atoms with Crippen LogP contribution in [-0.2, 0) is 16.1 Å². The fourth-order valence-corrected chi connectivity index (χ4v) is 3.00. The van der Waals surface area contributed by atoms with Gasteiger partial charge in [0, 0.05) is 35.1 Å². The van der Waals surface area contributed by atoms with E-state index in [-0.39, 0.29) is 16.4 Å². The minimum atomic E-state index is -0.819. The summed E-state index contributed by atoms with van der Waals surface area (Å²) in [4.78, 5) is 46.5. The first-order valence-electron chi connectivity index (χ1n) is 8.84. The molecule has 30 heavy (non-hydrogen) atoms. The lowest BCUT2D eigenvalue weighted by molar-refractivity contribution is -0.384. The van der Waals surface area contributed by atoms with Gasteiger partial charge in [0.05, 0.1) is 4.92 Å². The molecule has 0 aliphatic rings. The molecule has 2 aromatic rings. The van der Waals surface area contributed by atoms with Crippen LogP contribution in [0.3, 0.4) is 0 Å². The highest BCUT2D eigenvalue weighted by atomic mass is 35.5. The third-order valence-corrected chi connectivity index (χ3v) is 4.67. The Morgan fingerprint density at radius 1 is 1.30 bits per heavy atom. The van der Waals surface area contributed by atoms with E-state index in [0.29, 0.717) is 12.1 Å². The topological polar surface area (TPSA) is 121 Å². The number of nitrogens with one attached hydrogen (secondary N) is 1. The van der Waals surface area contributed by atoms with Crippen molar-refractivity contribution in [2.75, 3.05) is 13.2 Å². The molecule has 1 aromatic carbocycles. The van der Waals surface area contributed by atoms with Crippen LogP contribution in [0.4, 0.5) is 5.69 Å². The van der Waals surface area contributed by atoms with E-state index in [1.807, 2.05) is 11.5 Å². The van der Waals surface area contributed by atoms with Crippen molar-refractivity contribution in [2.24, 2.45) is 0 Å². The summed E-state index contributed by atoms with van der Waals surface area (Å²) in [6, 6.07) is 5.22. The number of hydrogen-bond donors (Lipinski definition) is 1. The number of carbonyl (C=O) groups excluding carboxylic acids is 3. The van der Waals surface area contributed by atoms with Crippen molar-refractivity contribution >= 4 is 34.9 Å². The number of nitro groups is 1. The van der Waals surface area contributed by atoms with E-state index in [2.05, 4.69) is 11.9 Å². The number of benzene rings is 1. The monoisotopic (exact) mass is 433 g/mol. The average Bonchev–Trinajstić information content (AvgIpc) is 2.99. The summed E-state index contributed by atoms with van der Waals surface area (Å²) in [6.07, 6.45) is 1.71. The molecule has 0 unspecified atom stereocenters. The molecule has 0 aliphatic heterocycles. The molecular formula is C20H20ClN3O6. The largest absolute Gasteiger partial charge is 0.456 e. The Hall–Kier alpha value is -3.46. The summed E-state index contributed by atoms with van der Waals surface area (Å²) in [7, 11) is 0. The predicted molar refractivity (Wildman–Crippen MR) is 110 cm³/mol. The number of aromatic nitrogens is 1. The van der Waals surface area contributed by atoms with Gasteiger partial charge in [-0.2, -0.15) is 0 Å². The van der Waals surface area contributed by atoms with Crippen molar-refractivity contribution in [1.29, 1.82) is 0 Å². The summed E-state index contributed by atoms with van der Waals surface area (Å²) in [6.45, 7) is 6.90. The Morgan fingerprint density at radius 3 is 2.63 bits per heavy atom. The van der Waals surface area contributed by atoms with Gasteiger partial charge in [0.25, 0.3) is 11.6 Å². The van der Waals surface area contributed by atoms with Gasteiger partial charge in [0.2, 0.25) is 5.78 Å². The van der Waals surface area contributed by atoms with E-state index in [9.17, 15) is 24.5 Å². The average molecular weight is 434 g/mol. The Morgan fingerprint density at radius 2 is 2.00 bits per heavy atom. The zero-order valence-corrected chi connectivity index (χ0v) is 17.2. The van der Waals surface area contributed by atoms with E-state index < -0.39 is 35.6 Å². The SMILES string of the molecule is C=CCn1c(C)cc(C(=O)COC(=O)CNC(=O)c2ccc(Cl)c([N+](=O)[O-])c2)c1C. The van der Waals surface area contributed by atoms with Crippen LogP contribution >= 0.6 is 11.6 Å². The number of ether oxygens (including phenoxy) is 1. The summed E-state index contributed by atoms with van der Waals surface area (Å²) in [5.41, 5.74) is 1.60. The molecule has 0 fully saturated rings. The number of ketones is 1. The Balaban J connectivity index is 1.91. The molecule has 1 N–H and O–H groups in total. The van der Waals surface area contributed by atoms with Gasteiger partial charge in [-0.15, -0.1) is 6.58 Å². The number of nitro benzene ring substituents is 1. The molecule has 1 amide bonds. The van der Waals surface area contributed by atoms with E-state index in [0.717, 1.165) is 17.5 Å². The summed E-state index contributed by atoms with van der Waals surface area (Å²) in [5, 5.41) is 13.1. The highest BCUT2D eigenvalue weighted by Crippen LogP contribution is 2.25. The van der Waals surface area contributed by atoms with E-state index in [1.165, 1.54) is 12.1 Å². The number of aryl methyl sites for hydroxylation is 1. The van der Waals surface area contributed by atoms with Crippen LogP contribution in [0.1, 0.15) is 32.1 Å². The zero-order chi connectivity index (χ0) is 22.4. The second-order valence-corrected chi connectivity index (χ2v) is 6.78. The maximum atomic E-state index is 12.4. The molecule has 10 heteroatoms. The van der Waals surface area contributed by atoms with Gasteiger partial charge in [0.1, 0.15) is 11.6 Å². The van der Waals surface area contributed by atoms with E-state index in [4.69, 9.17) is 16.3 Å². The van der Waals surface area contributed by atoms with Crippen LogP contribution in [0.15, 0.2) is 36.9 Å². The maximum absolute atomic E-state index is 12.4. The van der Waals surface area contributed by atoms with Crippen molar-refractivity contribution in [2.45, 2.75) is 20.4 Å². The van der Waals surface area contributed by atoms with Crippen LogP contribution in [0.5, 0.6) is 0 Å². The molecule has 0 aliphatic carbocycles. The zero-order valence-electron chi connectivity index (χ0n) is 16.4. The van der Waals surface area contributed by atoms with Crippen molar-refractivity contribution in [3.05, 3.63) is 74.6 Å². The molecule has 1 heterocycles. The van der Waals surface area contributed by atoms with Crippen LogP contribution in [0.2, 0.25) is 5.02 Å². The lowest BCUT2D eigenvalue weighted by Gasteiger charge is -2.08. The second kappa shape index (κ2) is 9.84. The molecule has 158 valence electrons. The van der Waals surface area contributed by atoms with E-state index >= 15 is 0 Å². The van der Waals surface area contributed by atoms with Crippen molar-refractivity contribution in [1.82, 2.24) is 9.88 Å². The molecule has 0 saturated carbocycles. The smallest absolute Gasteiger partial charge is 0.325 e. The third kappa shape index (κ3) is 5.32. The highest BCUT2D eigenvalue weighted by molar-refractivity contribution is 6.32. The van der Waals surface area contributed by atoms with E-state index in [1.54, 1.807) is 19.1 Å². The number of allylic oxidation sites excluding steroid dienone is 1. The first-order valence-corrected chi connectivity index (χ1v) is 9.22. The van der Waals surface area contributed by atoms with Crippen molar-refractivity contribution in [3.8, 4) is 0 Å². The first kappa shape index (κ1) is 22.8. The van der Waals surface area contributed by atoms with Crippen LogP contribution in [-0.4, -0.2) is 40.3 Å². The van der Waals surface area contributed by atoms with Gasteiger partial charge >= 0.3 is 5.97 Å². The fourth-order valence-electron chi connectivity index (χ4n) is 2.82. The molecule has 0 spiro atoms. The quantitative estimate of drug-likeness (QED) is 0.213. The van der Waals surface area contributed by atoms with Gasteiger partial charge in [-0.3, -0.25) is 24.5 Å². The molecule has 9 nitrogen and oxygen atoms in total. The number of rotatable bonds is 9. The number of Topliss-reactive ketones (excluding diaryl/α,β-unsaturated/α-hetero) is 1. The van der Waals surface area contributed by atoms with Crippen molar-refractivity contribution < 1.29 is 24.0 Å². The molecule has 0 atom stereocenters. The maximum Gasteiger partial charge on any atom is 0.325 e. The highest BCUT2D eigenvalue weighted by Gasteiger charge is 2.19. The minimum absolute atomic E-state index is 0.0374. The third-order valence-electron chi connectivity index (χ3n) is 4.35. The Labute approximate surface area is 177 Å². The summed E-state index contributed by atoms with van der Waals surface area (Å²) in [5.74, 6) is -1.91. The van der Waals surface area contributed by atoms with Crippen LogP contribution in [0.25, 0.3) is 0 Å². The number of amides is 1. The Bertz CT molecular complexity index is 1030. The molecule has 1 aromatic heterocycles. The lowest BCUT2D eigenvalue weighted by Crippen LogP contribution is -2.31. The molecule has 0 bridgehead atoms. The van der Waals surface area contributed by atoms with Crippen molar-refractivity contribution in [3.63, 3.8) is 0 Å². The standard InChI is InChI=1S/C20H20ClN3O6/c1-4-7-23-12(2)8-15(13(23)3)18(25)11-30-19(26)10-22-20(27)14-5-6-16(21)17(9-14)24(28)29/h4-6,8-9H,1,7,10-11H2,2-3H3,(H,22,27). The first-order chi connectivity index (χ1) is 14.1. The molecule has 0 radical (unpaired) electrons. The van der Waals surface area contributed by atoms with Gasteiger partial charge < -0.3 is 14.6 Å². The molecule has 2 rings (SSSR count). The van der Waals surface area contributed by atoms with Gasteiger partial charge in [0.15, 0.2) is 6.61 Å². The van der Waals surface area contributed by atoms with Crippen LogP contribution < -0.4 is 5.32 Å². The number of esters is 1. The predicted octanol–water partition coefficient (Wildman–Crippen LogP) is 3.01. The fraction of sp³-hybridized carbons (Fsp3) is 0.250. The Kier molecular flexibility index (Phi) is 7.48. The molecular weight excluding hydrogens is 414 g/mol.